The number of aliphatic carboxylic acids is 1. The van der Waals surface area contributed by atoms with Crippen molar-refractivity contribution < 1.29 is 24.9 Å². The summed E-state index contributed by atoms with van der Waals surface area (Å²) >= 11 is 0. The number of para-hydroxylation sites is 1. The summed E-state index contributed by atoms with van der Waals surface area (Å²) in [7, 11) is 0. The van der Waals surface area contributed by atoms with E-state index in [0.717, 1.165) is 28.1 Å². The molecule has 7 heteroatoms. The summed E-state index contributed by atoms with van der Waals surface area (Å²) in [6, 6.07) is 29.0. The predicted molar refractivity (Wildman–Crippen MR) is 157 cm³/mol. The van der Waals surface area contributed by atoms with Crippen LogP contribution in [-0.2, 0) is 11.3 Å². The number of hydrogen-bond acceptors (Lipinski definition) is 4. The van der Waals surface area contributed by atoms with Gasteiger partial charge in [0.05, 0.1) is 29.9 Å². The molecule has 0 spiro atoms. The summed E-state index contributed by atoms with van der Waals surface area (Å²) < 4.78 is 2.11. The standard InChI is InChI=1S/C33H36N2O5/c1-22(2)31-30(33(40)34-25-16-10-5-11-17-25)29(23-12-6-3-7-13-23)32(24-14-8-4-9-15-24)35(31)19-18-26(36)20-27(37)21-28(38)39/h3-17,22,26-27,36-37H,18-21H2,1-2H3,(H,34,40)(H,38,39)/t26-,27+/m0/s1. The summed E-state index contributed by atoms with van der Waals surface area (Å²) in [4.78, 5) is 25.0. The van der Waals surface area contributed by atoms with E-state index < -0.39 is 24.6 Å². The number of aliphatic hydroxyl groups is 2. The third kappa shape index (κ3) is 6.86. The molecule has 7 nitrogen and oxygen atoms in total. The smallest absolute Gasteiger partial charge is 0.305 e. The third-order valence-electron chi connectivity index (χ3n) is 6.86. The summed E-state index contributed by atoms with van der Waals surface area (Å²) in [5.74, 6) is -1.37. The first-order chi connectivity index (χ1) is 19.3. The van der Waals surface area contributed by atoms with Gasteiger partial charge in [-0.05, 0) is 42.0 Å². The number of benzene rings is 3. The fraction of sp³-hybridized carbons (Fsp3) is 0.273. The van der Waals surface area contributed by atoms with Gasteiger partial charge in [0.15, 0.2) is 0 Å². The van der Waals surface area contributed by atoms with Crippen LogP contribution in [0.1, 0.15) is 55.1 Å². The van der Waals surface area contributed by atoms with Gasteiger partial charge in [0.2, 0.25) is 0 Å². The molecule has 0 fully saturated rings. The molecule has 3 aromatic carbocycles. The van der Waals surface area contributed by atoms with Crippen molar-refractivity contribution in [3.05, 3.63) is 102 Å². The van der Waals surface area contributed by atoms with Gasteiger partial charge in [0.1, 0.15) is 0 Å². The number of carbonyl (C=O) groups is 2. The second-order valence-electron chi connectivity index (χ2n) is 10.3. The average molecular weight is 541 g/mol. The van der Waals surface area contributed by atoms with Crippen molar-refractivity contribution in [3.63, 3.8) is 0 Å². The molecule has 2 atom stereocenters. The second kappa shape index (κ2) is 13.2. The van der Waals surface area contributed by atoms with Gasteiger partial charge in [-0.3, -0.25) is 9.59 Å². The van der Waals surface area contributed by atoms with Gasteiger partial charge in [0.25, 0.3) is 5.91 Å². The van der Waals surface area contributed by atoms with E-state index in [4.69, 9.17) is 5.11 Å². The molecule has 0 saturated heterocycles. The van der Waals surface area contributed by atoms with Crippen LogP contribution >= 0.6 is 0 Å². The number of carbonyl (C=O) groups excluding carboxylic acids is 1. The van der Waals surface area contributed by atoms with Gasteiger partial charge in [-0.15, -0.1) is 0 Å². The summed E-state index contributed by atoms with van der Waals surface area (Å²) in [5, 5.41) is 32.9. The van der Waals surface area contributed by atoms with E-state index in [2.05, 4.69) is 9.88 Å². The molecule has 4 N–H and O–H groups in total. The Morgan fingerprint density at radius 1 is 0.800 bits per heavy atom. The Morgan fingerprint density at radius 3 is 1.90 bits per heavy atom. The zero-order valence-electron chi connectivity index (χ0n) is 22.8. The van der Waals surface area contributed by atoms with Crippen molar-refractivity contribution in [1.82, 2.24) is 4.57 Å². The normalized spacial score (nSPS) is 12.7. The number of aliphatic hydroxyl groups excluding tert-OH is 2. The number of hydrogen-bond donors (Lipinski definition) is 4. The fourth-order valence-electron chi connectivity index (χ4n) is 5.19. The average Bonchev–Trinajstić information content (AvgIpc) is 3.28. The minimum atomic E-state index is -1.14. The van der Waals surface area contributed by atoms with Gasteiger partial charge < -0.3 is 25.2 Å². The summed E-state index contributed by atoms with van der Waals surface area (Å²) in [6.45, 7) is 4.46. The van der Waals surface area contributed by atoms with Crippen molar-refractivity contribution in [2.45, 2.75) is 57.8 Å². The van der Waals surface area contributed by atoms with Crippen LogP contribution in [0.3, 0.4) is 0 Å². The number of amides is 1. The molecule has 40 heavy (non-hydrogen) atoms. The summed E-state index contributed by atoms with van der Waals surface area (Å²) in [6.07, 6.45) is -2.24. The monoisotopic (exact) mass is 540 g/mol. The van der Waals surface area contributed by atoms with Crippen LogP contribution in [0.5, 0.6) is 0 Å². The first-order valence-electron chi connectivity index (χ1n) is 13.6. The lowest BCUT2D eigenvalue weighted by Gasteiger charge is -2.20. The van der Waals surface area contributed by atoms with E-state index in [1.807, 2.05) is 105 Å². The maximum absolute atomic E-state index is 14.1. The number of nitrogens with zero attached hydrogens (tertiary/aromatic N) is 1. The highest BCUT2D eigenvalue weighted by molar-refractivity contribution is 6.12. The number of aromatic nitrogens is 1. The SMILES string of the molecule is CC(C)c1c(C(=O)Nc2ccccc2)c(-c2ccccc2)c(-c2ccccc2)n1CC[C@H](O)C[C@@H](O)CC(=O)O. The lowest BCUT2D eigenvalue weighted by atomic mass is 9.94. The highest BCUT2D eigenvalue weighted by atomic mass is 16.4. The molecular weight excluding hydrogens is 504 g/mol. The van der Waals surface area contributed by atoms with Gasteiger partial charge in [0, 0.05) is 23.5 Å². The highest BCUT2D eigenvalue weighted by Crippen LogP contribution is 2.42. The molecule has 208 valence electrons. The number of carboxylic acid groups (broad SMARTS) is 1. The Labute approximate surface area is 234 Å². The van der Waals surface area contributed by atoms with Crippen LogP contribution in [0.2, 0.25) is 0 Å². The number of rotatable bonds is 12. The van der Waals surface area contributed by atoms with E-state index in [9.17, 15) is 19.8 Å². The molecule has 0 aliphatic rings. The van der Waals surface area contributed by atoms with E-state index in [0.29, 0.717) is 17.8 Å². The fourth-order valence-corrected chi connectivity index (χ4v) is 5.19. The molecule has 1 heterocycles. The maximum Gasteiger partial charge on any atom is 0.305 e. The highest BCUT2D eigenvalue weighted by Gasteiger charge is 2.30. The van der Waals surface area contributed by atoms with Gasteiger partial charge in [-0.25, -0.2) is 0 Å². The van der Waals surface area contributed by atoms with Crippen molar-refractivity contribution in [3.8, 4) is 22.4 Å². The lowest BCUT2D eigenvalue weighted by Crippen LogP contribution is -2.22. The van der Waals surface area contributed by atoms with Crippen LogP contribution in [0.25, 0.3) is 22.4 Å². The van der Waals surface area contributed by atoms with Crippen LogP contribution in [0.4, 0.5) is 5.69 Å². The van der Waals surface area contributed by atoms with Crippen molar-refractivity contribution in [1.29, 1.82) is 0 Å². The third-order valence-corrected chi connectivity index (χ3v) is 6.86. The van der Waals surface area contributed by atoms with Crippen LogP contribution in [-0.4, -0.2) is 44.0 Å². The summed E-state index contributed by atoms with van der Waals surface area (Å²) in [5.41, 5.74) is 5.61. The number of anilines is 1. The molecule has 0 unspecified atom stereocenters. The van der Waals surface area contributed by atoms with E-state index in [1.165, 1.54) is 0 Å². The molecule has 0 radical (unpaired) electrons. The first-order valence-corrected chi connectivity index (χ1v) is 13.6. The molecular formula is C33H36N2O5. The Balaban J connectivity index is 1.87. The van der Waals surface area contributed by atoms with Gasteiger partial charge >= 0.3 is 5.97 Å². The van der Waals surface area contributed by atoms with Crippen LogP contribution in [0, 0.1) is 0 Å². The Bertz CT molecular complexity index is 1420. The zero-order valence-corrected chi connectivity index (χ0v) is 22.8. The van der Waals surface area contributed by atoms with Gasteiger partial charge in [-0.2, -0.15) is 0 Å². The van der Waals surface area contributed by atoms with Crippen molar-refractivity contribution >= 4 is 17.6 Å². The van der Waals surface area contributed by atoms with Gasteiger partial charge in [-0.1, -0.05) is 92.7 Å². The zero-order chi connectivity index (χ0) is 28.6. The molecule has 0 saturated carbocycles. The largest absolute Gasteiger partial charge is 0.481 e. The molecule has 4 aromatic rings. The predicted octanol–water partition coefficient (Wildman–Crippen LogP) is 6.17. The Hall–Kier alpha value is -4.20. The molecule has 0 bridgehead atoms. The number of nitrogens with one attached hydrogen (secondary N) is 1. The molecule has 0 aliphatic heterocycles. The second-order valence-corrected chi connectivity index (χ2v) is 10.3. The lowest BCUT2D eigenvalue weighted by molar-refractivity contribution is -0.139. The maximum atomic E-state index is 14.1. The van der Waals surface area contributed by atoms with E-state index >= 15 is 0 Å². The molecule has 1 aromatic heterocycles. The Morgan fingerprint density at radius 2 is 1.35 bits per heavy atom. The number of carboxylic acids is 1. The minimum absolute atomic E-state index is 0.0359. The Kier molecular flexibility index (Phi) is 9.53. The first kappa shape index (κ1) is 28.8. The molecule has 1 amide bonds. The van der Waals surface area contributed by atoms with Crippen molar-refractivity contribution in [2.24, 2.45) is 0 Å². The van der Waals surface area contributed by atoms with E-state index in [-0.39, 0.29) is 24.7 Å². The topological polar surface area (TPSA) is 112 Å². The van der Waals surface area contributed by atoms with E-state index in [1.54, 1.807) is 0 Å². The van der Waals surface area contributed by atoms with Crippen LogP contribution < -0.4 is 5.32 Å². The minimum Gasteiger partial charge on any atom is -0.481 e. The molecule has 0 aliphatic carbocycles. The van der Waals surface area contributed by atoms with Crippen molar-refractivity contribution in [2.75, 3.05) is 5.32 Å². The quantitative estimate of drug-likeness (QED) is 0.172. The molecule has 4 rings (SSSR count). The van der Waals surface area contributed by atoms with Crippen LogP contribution in [0.15, 0.2) is 91.0 Å².